The molecule has 2 aromatic carbocycles. The van der Waals surface area contributed by atoms with E-state index in [0.717, 1.165) is 4.47 Å². The van der Waals surface area contributed by atoms with Crippen molar-refractivity contribution in [3.8, 4) is 0 Å². The number of benzene rings is 2. The standard InChI is InChI=1S/C13H8Br3FN2O/c14-6-3-10(16)12(11(18)4-6)19-13(20)8-2-1-7(17)5-9(8)15/h1-5H,18H2,(H,19,20). The quantitative estimate of drug-likeness (QED) is 0.615. The van der Waals surface area contributed by atoms with E-state index in [1.807, 2.05) is 0 Å². The monoisotopic (exact) mass is 464 g/mol. The van der Waals surface area contributed by atoms with Crippen LogP contribution in [0.15, 0.2) is 43.7 Å². The topological polar surface area (TPSA) is 55.1 Å². The summed E-state index contributed by atoms with van der Waals surface area (Å²) >= 11 is 9.80. The van der Waals surface area contributed by atoms with Gasteiger partial charge >= 0.3 is 0 Å². The fourth-order valence-corrected chi connectivity index (χ4v) is 3.47. The molecule has 0 saturated heterocycles. The van der Waals surface area contributed by atoms with E-state index < -0.39 is 5.82 Å². The maximum atomic E-state index is 13.0. The lowest BCUT2D eigenvalue weighted by Crippen LogP contribution is -2.14. The normalized spacial score (nSPS) is 10.4. The molecule has 20 heavy (non-hydrogen) atoms. The molecule has 0 bridgehead atoms. The van der Waals surface area contributed by atoms with Crippen molar-refractivity contribution in [2.75, 3.05) is 11.1 Å². The fourth-order valence-electron chi connectivity index (χ4n) is 1.58. The fraction of sp³-hybridized carbons (Fsp3) is 0. The van der Waals surface area contributed by atoms with Gasteiger partial charge in [-0.15, -0.1) is 0 Å². The molecule has 0 aliphatic heterocycles. The summed E-state index contributed by atoms with van der Waals surface area (Å²) in [5.41, 5.74) is 7.07. The molecule has 1 amide bonds. The number of hydrogen-bond acceptors (Lipinski definition) is 2. The van der Waals surface area contributed by atoms with Crippen molar-refractivity contribution < 1.29 is 9.18 Å². The SMILES string of the molecule is Nc1cc(Br)cc(Br)c1NC(=O)c1ccc(F)cc1Br. The van der Waals surface area contributed by atoms with Gasteiger partial charge < -0.3 is 11.1 Å². The first-order valence-corrected chi connectivity index (χ1v) is 7.77. The third-order valence-electron chi connectivity index (χ3n) is 2.50. The van der Waals surface area contributed by atoms with E-state index in [1.165, 1.54) is 18.2 Å². The number of rotatable bonds is 2. The van der Waals surface area contributed by atoms with Gasteiger partial charge in [-0.3, -0.25) is 4.79 Å². The first kappa shape index (κ1) is 15.5. The molecule has 0 aliphatic rings. The van der Waals surface area contributed by atoms with Gasteiger partial charge in [-0.25, -0.2) is 4.39 Å². The van der Waals surface area contributed by atoms with Crippen LogP contribution in [-0.4, -0.2) is 5.91 Å². The smallest absolute Gasteiger partial charge is 0.256 e. The van der Waals surface area contributed by atoms with Gasteiger partial charge in [0.2, 0.25) is 0 Å². The van der Waals surface area contributed by atoms with E-state index in [9.17, 15) is 9.18 Å². The summed E-state index contributed by atoms with van der Waals surface area (Å²) in [6.45, 7) is 0. The average molecular weight is 467 g/mol. The Bertz CT molecular complexity index is 668. The Morgan fingerprint density at radius 2 is 1.80 bits per heavy atom. The summed E-state index contributed by atoms with van der Waals surface area (Å²) < 4.78 is 14.8. The number of hydrogen-bond donors (Lipinski definition) is 2. The van der Waals surface area contributed by atoms with Crippen LogP contribution in [0.2, 0.25) is 0 Å². The van der Waals surface area contributed by atoms with E-state index in [2.05, 4.69) is 53.1 Å². The number of nitrogen functional groups attached to an aromatic ring is 1. The van der Waals surface area contributed by atoms with Crippen LogP contribution < -0.4 is 11.1 Å². The van der Waals surface area contributed by atoms with Gasteiger partial charge in [-0.1, -0.05) is 15.9 Å². The number of nitrogens with two attached hydrogens (primary N) is 1. The van der Waals surface area contributed by atoms with E-state index in [-0.39, 0.29) is 5.91 Å². The molecule has 3 N–H and O–H groups in total. The van der Waals surface area contributed by atoms with Gasteiger partial charge in [0.1, 0.15) is 5.82 Å². The van der Waals surface area contributed by atoms with Crippen molar-refractivity contribution in [1.82, 2.24) is 0 Å². The van der Waals surface area contributed by atoms with Gasteiger partial charge in [0, 0.05) is 13.4 Å². The van der Waals surface area contributed by atoms with Crippen LogP contribution in [0.4, 0.5) is 15.8 Å². The van der Waals surface area contributed by atoms with E-state index >= 15 is 0 Å². The molecule has 0 unspecified atom stereocenters. The molecule has 0 fully saturated rings. The minimum Gasteiger partial charge on any atom is -0.397 e. The number of halogens is 4. The third-order valence-corrected chi connectivity index (χ3v) is 4.24. The first-order chi connectivity index (χ1) is 9.38. The van der Waals surface area contributed by atoms with Crippen LogP contribution in [0, 0.1) is 5.82 Å². The Labute approximate surface area is 140 Å². The molecule has 0 aliphatic carbocycles. The Morgan fingerprint density at radius 3 is 2.40 bits per heavy atom. The summed E-state index contributed by atoms with van der Waals surface area (Å²) in [6.07, 6.45) is 0. The molecule has 7 heteroatoms. The molecule has 0 heterocycles. The van der Waals surface area contributed by atoms with Crippen molar-refractivity contribution >= 4 is 65.1 Å². The van der Waals surface area contributed by atoms with Crippen LogP contribution in [-0.2, 0) is 0 Å². The van der Waals surface area contributed by atoms with Crippen LogP contribution in [0.3, 0.4) is 0 Å². The predicted molar refractivity (Wildman–Crippen MR) is 88.3 cm³/mol. The summed E-state index contributed by atoms with van der Waals surface area (Å²) in [4.78, 5) is 12.2. The molecule has 0 spiro atoms. The summed E-state index contributed by atoms with van der Waals surface area (Å²) in [5.74, 6) is -0.802. The maximum Gasteiger partial charge on any atom is 0.256 e. The van der Waals surface area contributed by atoms with Crippen LogP contribution in [0.5, 0.6) is 0 Å². The van der Waals surface area contributed by atoms with Gasteiger partial charge in [0.05, 0.1) is 16.9 Å². The number of nitrogens with one attached hydrogen (secondary N) is 1. The lowest BCUT2D eigenvalue weighted by Gasteiger charge is -2.12. The zero-order chi connectivity index (χ0) is 14.9. The lowest BCUT2D eigenvalue weighted by molar-refractivity contribution is 0.102. The predicted octanol–water partition coefficient (Wildman–Crippen LogP) is 4.95. The molecular weight excluding hydrogens is 459 g/mol. The van der Waals surface area contributed by atoms with Crippen molar-refractivity contribution in [2.45, 2.75) is 0 Å². The third kappa shape index (κ3) is 3.39. The minimum absolute atomic E-state index is 0.320. The second-order valence-electron chi connectivity index (χ2n) is 3.93. The lowest BCUT2D eigenvalue weighted by atomic mass is 10.2. The number of amides is 1. The van der Waals surface area contributed by atoms with Gasteiger partial charge in [-0.05, 0) is 62.2 Å². The zero-order valence-electron chi connectivity index (χ0n) is 9.88. The molecule has 0 aromatic heterocycles. The Balaban J connectivity index is 2.33. The number of carbonyl (C=O) groups is 1. The molecular formula is C13H8Br3FN2O. The Morgan fingerprint density at radius 1 is 1.10 bits per heavy atom. The molecule has 0 saturated carbocycles. The summed E-state index contributed by atoms with van der Waals surface area (Å²) in [5, 5.41) is 2.70. The van der Waals surface area contributed by atoms with Gasteiger partial charge in [-0.2, -0.15) is 0 Å². The minimum atomic E-state index is -0.419. The second-order valence-corrected chi connectivity index (χ2v) is 6.55. The maximum absolute atomic E-state index is 13.0. The average Bonchev–Trinajstić information content (AvgIpc) is 2.33. The number of carbonyl (C=O) groups excluding carboxylic acids is 1. The Kier molecular flexibility index (Phi) is 4.82. The van der Waals surface area contributed by atoms with Crippen LogP contribution in [0.1, 0.15) is 10.4 Å². The molecule has 104 valence electrons. The molecule has 2 aromatic rings. The zero-order valence-corrected chi connectivity index (χ0v) is 14.6. The molecule has 0 radical (unpaired) electrons. The second kappa shape index (κ2) is 6.24. The van der Waals surface area contributed by atoms with Gasteiger partial charge in [0.25, 0.3) is 5.91 Å². The summed E-state index contributed by atoms with van der Waals surface area (Å²) in [6, 6.07) is 7.30. The van der Waals surface area contributed by atoms with Crippen molar-refractivity contribution in [2.24, 2.45) is 0 Å². The van der Waals surface area contributed by atoms with Crippen LogP contribution >= 0.6 is 47.8 Å². The highest BCUT2D eigenvalue weighted by atomic mass is 79.9. The van der Waals surface area contributed by atoms with E-state index in [0.29, 0.717) is 25.9 Å². The number of anilines is 2. The largest absolute Gasteiger partial charge is 0.397 e. The van der Waals surface area contributed by atoms with Crippen molar-refractivity contribution in [1.29, 1.82) is 0 Å². The summed E-state index contributed by atoms with van der Waals surface area (Å²) in [7, 11) is 0. The molecule has 2 rings (SSSR count). The van der Waals surface area contributed by atoms with Crippen molar-refractivity contribution in [3.63, 3.8) is 0 Å². The molecule has 0 atom stereocenters. The van der Waals surface area contributed by atoms with E-state index in [1.54, 1.807) is 12.1 Å². The molecule has 3 nitrogen and oxygen atoms in total. The highest BCUT2D eigenvalue weighted by Crippen LogP contribution is 2.33. The Hall–Kier alpha value is -0.920. The highest BCUT2D eigenvalue weighted by molar-refractivity contribution is 9.11. The first-order valence-electron chi connectivity index (χ1n) is 5.39. The van der Waals surface area contributed by atoms with Crippen molar-refractivity contribution in [3.05, 3.63) is 55.1 Å². The van der Waals surface area contributed by atoms with Crippen LogP contribution in [0.25, 0.3) is 0 Å². The van der Waals surface area contributed by atoms with Gasteiger partial charge in [0.15, 0.2) is 0 Å². The highest BCUT2D eigenvalue weighted by Gasteiger charge is 2.14. The van der Waals surface area contributed by atoms with E-state index in [4.69, 9.17) is 5.73 Å².